The number of nitrogens with one attached hydrogen (secondary N) is 2. The standard InChI is InChI=1S/C19H21BrN2O3/c1-2-14-6-3-4-9-17(14)25-13-18(23)21-10-11-22-19(24)15-7-5-8-16(20)12-15/h3-9,12H,2,10-11,13H2,1H3,(H,21,23)(H,22,24). The average Bonchev–Trinajstić information content (AvgIpc) is 2.63. The van der Waals surface area contributed by atoms with Gasteiger partial charge in [-0.3, -0.25) is 9.59 Å². The Hall–Kier alpha value is -2.34. The molecular weight excluding hydrogens is 384 g/mol. The molecule has 2 aromatic carbocycles. The van der Waals surface area contributed by atoms with Crippen molar-refractivity contribution >= 4 is 27.7 Å². The fourth-order valence-electron chi connectivity index (χ4n) is 2.24. The van der Waals surface area contributed by atoms with Gasteiger partial charge in [-0.1, -0.05) is 47.1 Å². The summed E-state index contributed by atoms with van der Waals surface area (Å²) in [5.74, 6) is 0.328. The zero-order valence-corrected chi connectivity index (χ0v) is 15.6. The van der Waals surface area contributed by atoms with Crippen molar-refractivity contribution in [2.75, 3.05) is 19.7 Å². The number of aryl methyl sites for hydroxylation is 1. The van der Waals surface area contributed by atoms with E-state index >= 15 is 0 Å². The molecule has 0 bridgehead atoms. The Labute approximate surface area is 155 Å². The number of amides is 2. The second kappa shape index (κ2) is 9.84. The number of ether oxygens (including phenoxy) is 1. The Morgan fingerprint density at radius 1 is 1.04 bits per heavy atom. The van der Waals surface area contributed by atoms with Crippen molar-refractivity contribution in [2.24, 2.45) is 0 Å². The van der Waals surface area contributed by atoms with Gasteiger partial charge in [-0.05, 0) is 36.2 Å². The summed E-state index contributed by atoms with van der Waals surface area (Å²) >= 11 is 3.33. The van der Waals surface area contributed by atoms with E-state index in [1.54, 1.807) is 18.2 Å². The van der Waals surface area contributed by atoms with E-state index in [2.05, 4.69) is 26.6 Å². The number of carbonyl (C=O) groups is 2. The normalized spacial score (nSPS) is 10.2. The molecule has 2 amide bonds. The van der Waals surface area contributed by atoms with Crippen molar-refractivity contribution in [3.63, 3.8) is 0 Å². The molecule has 2 N–H and O–H groups in total. The molecule has 0 heterocycles. The largest absolute Gasteiger partial charge is 0.483 e. The maximum absolute atomic E-state index is 12.0. The molecule has 0 saturated carbocycles. The molecule has 2 aromatic rings. The lowest BCUT2D eigenvalue weighted by molar-refractivity contribution is -0.123. The first-order valence-corrected chi connectivity index (χ1v) is 8.90. The molecule has 0 radical (unpaired) electrons. The summed E-state index contributed by atoms with van der Waals surface area (Å²) in [5.41, 5.74) is 1.64. The van der Waals surface area contributed by atoms with Gasteiger partial charge in [0.2, 0.25) is 0 Å². The van der Waals surface area contributed by atoms with Crippen LogP contribution in [0.1, 0.15) is 22.8 Å². The van der Waals surface area contributed by atoms with Gasteiger partial charge in [0.1, 0.15) is 5.75 Å². The van der Waals surface area contributed by atoms with Crippen molar-refractivity contribution in [1.82, 2.24) is 10.6 Å². The first-order chi connectivity index (χ1) is 12.1. The van der Waals surface area contributed by atoms with Crippen molar-refractivity contribution in [2.45, 2.75) is 13.3 Å². The van der Waals surface area contributed by atoms with E-state index < -0.39 is 0 Å². The quantitative estimate of drug-likeness (QED) is 0.664. The molecular formula is C19H21BrN2O3. The molecule has 0 unspecified atom stereocenters. The Morgan fingerprint density at radius 2 is 1.80 bits per heavy atom. The van der Waals surface area contributed by atoms with Crippen LogP contribution in [0.25, 0.3) is 0 Å². The molecule has 2 rings (SSSR count). The first-order valence-electron chi connectivity index (χ1n) is 8.11. The maximum atomic E-state index is 12.0. The molecule has 0 spiro atoms. The molecule has 132 valence electrons. The van der Waals surface area contributed by atoms with Gasteiger partial charge in [0.05, 0.1) is 0 Å². The summed E-state index contributed by atoms with van der Waals surface area (Å²) in [4.78, 5) is 23.8. The van der Waals surface area contributed by atoms with Crippen LogP contribution in [0.15, 0.2) is 53.0 Å². The SMILES string of the molecule is CCc1ccccc1OCC(=O)NCCNC(=O)c1cccc(Br)c1. The smallest absolute Gasteiger partial charge is 0.258 e. The van der Waals surface area contributed by atoms with Crippen LogP contribution >= 0.6 is 15.9 Å². The number of benzene rings is 2. The number of hydrogen-bond donors (Lipinski definition) is 2. The van der Waals surface area contributed by atoms with Crippen LogP contribution in [-0.4, -0.2) is 31.5 Å². The van der Waals surface area contributed by atoms with Gasteiger partial charge in [-0.15, -0.1) is 0 Å². The minimum Gasteiger partial charge on any atom is -0.483 e. The van der Waals surface area contributed by atoms with Gasteiger partial charge in [0.25, 0.3) is 11.8 Å². The molecule has 0 aliphatic rings. The van der Waals surface area contributed by atoms with Gasteiger partial charge in [0, 0.05) is 23.1 Å². The zero-order valence-electron chi connectivity index (χ0n) is 14.0. The Bertz CT molecular complexity index is 734. The molecule has 0 saturated heterocycles. The second-order valence-corrected chi connectivity index (χ2v) is 6.28. The van der Waals surface area contributed by atoms with E-state index in [0.717, 1.165) is 22.2 Å². The fraction of sp³-hybridized carbons (Fsp3) is 0.263. The van der Waals surface area contributed by atoms with Gasteiger partial charge in [0.15, 0.2) is 6.61 Å². The molecule has 0 aliphatic heterocycles. The highest BCUT2D eigenvalue weighted by Gasteiger charge is 2.07. The Balaban J connectivity index is 1.68. The number of carbonyl (C=O) groups excluding carboxylic acids is 2. The molecule has 5 nitrogen and oxygen atoms in total. The van der Waals surface area contributed by atoms with Crippen LogP contribution in [0.5, 0.6) is 5.75 Å². The zero-order chi connectivity index (χ0) is 18.1. The van der Waals surface area contributed by atoms with Gasteiger partial charge in [-0.2, -0.15) is 0 Å². The summed E-state index contributed by atoms with van der Waals surface area (Å²) in [6.07, 6.45) is 0.847. The van der Waals surface area contributed by atoms with E-state index in [9.17, 15) is 9.59 Å². The van der Waals surface area contributed by atoms with E-state index in [4.69, 9.17) is 4.74 Å². The third-order valence-corrected chi connectivity index (χ3v) is 4.03. The summed E-state index contributed by atoms with van der Waals surface area (Å²) in [6.45, 7) is 2.69. The van der Waals surface area contributed by atoms with Crippen LogP contribution in [0.3, 0.4) is 0 Å². The molecule has 0 fully saturated rings. The molecule has 0 atom stereocenters. The van der Waals surface area contributed by atoms with E-state index in [-0.39, 0.29) is 18.4 Å². The van der Waals surface area contributed by atoms with Crippen LogP contribution < -0.4 is 15.4 Å². The topological polar surface area (TPSA) is 67.4 Å². The average molecular weight is 405 g/mol. The third kappa shape index (κ3) is 6.23. The monoisotopic (exact) mass is 404 g/mol. The lowest BCUT2D eigenvalue weighted by atomic mass is 10.1. The Kier molecular flexibility index (Phi) is 7.47. The van der Waals surface area contributed by atoms with Gasteiger partial charge in [-0.25, -0.2) is 0 Å². The van der Waals surface area contributed by atoms with Gasteiger partial charge >= 0.3 is 0 Å². The lowest BCUT2D eigenvalue weighted by Gasteiger charge is -2.11. The number of rotatable bonds is 8. The highest BCUT2D eigenvalue weighted by Crippen LogP contribution is 2.17. The highest BCUT2D eigenvalue weighted by atomic mass is 79.9. The maximum Gasteiger partial charge on any atom is 0.258 e. The molecule has 0 aromatic heterocycles. The van der Waals surface area contributed by atoms with Crippen LogP contribution in [0.2, 0.25) is 0 Å². The fourth-order valence-corrected chi connectivity index (χ4v) is 2.64. The lowest BCUT2D eigenvalue weighted by Crippen LogP contribution is -2.36. The predicted molar refractivity (Wildman–Crippen MR) is 101 cm³/mol. The molecule has 6 heteroatoms. The Morgan fingerprint density at radius 3 is 2.56 bits per heavy atom. The van der Waals surface area contributed by atoms with Crippen LogP contribution in [0, 0.1) is 0 Å². The predicted octanol–water partition coefficient (Wildman–Crippen LogP) is 2.94. The minimum atomic E-state index is -0.220. The van der Waals surface area contributed by atoms with E-state index in [1.807, 2.05) is 37.3 Å². The van der Waals surface area contributed by atoms with Crippen LogP contribution in [-0.2, 0) is 11.2 Å². The first kappa shape index (κ1) is 19.0. The van der Waals surface area contributed by atoms with Crippen molar-refractivity contribution in [3.05, 3.63) is 64.1 Å². The molecule has 0 aliphatic carbocycles. The van der Waals surface area contributed by atoms with Crippen molar-refractivity contribution in [3.8, 4) is 5.75 Å². The summed E-state index contributed by atoms with van der Waals surface area (Å²) in [7, 11) is 0. The third-order valence-electron chi connectivity index (χ3n) is 3.53. The minimum absolute atomic E-state index is 0.0450. The number of para-hydroxylation sites is 1. The highest BCUT2D eigenvalue weighted by molar-refractivity contribution is 9.10. The van der Waals surface area contributed by atoms with Crippen LogP contribution in [0.4, 0.5) is 0 Å². The van der Waals surface area contributed by atoms with E-state index in [1.165, 1.54) is 0 Å². The number of hydrogen-bond acceptors (Lipinski definition) is 3. The summed E-state index contributed by atoms with van der Waals surface area (Å²) in [5, 5.41) is 5.48. The molecule has 25 heavy (non-hydrogen) atoms. The second-order valence-electron chi connectivity index (χ2n) is 5.37. The van der Waals surface area contributed by atoms with Gasteiger partial charge < -0.3 is 15.4 Å². The summed E-state index contributed by atoms with van der Waals surface area (Å²) in [6, 6.07) is 14.8. The van der Waals surface area contributed by atoms with E-state index in [0.29, 0.717) is 18.7 Å². The van der Waals surface area contributed by atoms with Crippen molar-refractivity contribution in [1.29, 1.82) is 0 Å². The van der Waals surface area contributed by atoms with Crippen molar-refractivity contribution < 1.29 is 14.3 Å². The summed E-state index contributed by atoms with van der Waals surface area (Å²) < 4.78 is 6.39. The number of halogens is 1.